The van der Waals surface area contributed by atoms with Crippen molar-refractivity contribution in [3.63, 3.8) is 0 Å². The van der Waals surface area contributed by atoms with E-state index in [0.717, 1.165) is 0 Å². The third kappa shape index (κ3) is 3.42. The van der Waals surface area contributed by atoms with Gasteiger partial charge in [-0.1, -0.05) is 17.7 Å². The fraction of sp³-hybridized carbons (Fsp3) is 0.0769. The van der Waals surface area contributed by atoms with Crippen LogP contribution in [-0.2, 0) is 6.54 Å². The van der Waals surface area contributed by atoms with Crippen molar-refractivity contribution in [2.75, 3.05) is 5.73 Å². The van der Waals surface area contributed by atoms with Gasteiger partial charge >= 0.3 is 0 Å². The van der Waals surface area contributed by atoms with E-state index in [1.807, 2.05) is 0 Å². The summed E-state index contributed by atoms with van der Waals surface area (Å²) in [5, 5.41) is 2.68. The summed E-state index contributed by atoms with van der Waals surface area (Å²) in [6.07, 6.45) is 1.41. The number of carbonyl (C=O) groups excluding carboxylic acids is 1. The molecule has 6 heteroatoms. The molecule has 0 radical (unpaired) electrons. The summed E-state index contributed by atoms with van der Waals surface area (Å²) in [5.41, 5.74) is 6.94. The fourth-order valence-electron chi connectivity index (χ4n) is 1.46. The van der Waals surface area contributed by atoms with E-state index < -0.39 is 5.82 Å². The normalized spacial score (nSPS) is 10.2. The number of halogens is 2. The van der Waals surface area contributed by atoms with Gasteiger partial charge in [0.25, 0.3) is 5.91 Å². The maximum Gasteiger partial charge on any atom is 0.270 e. The van der Waals surface area contributed by atoms with E-state index in [0.29, 0.717) is 11.3 Å². The highest BCUT2D eigenvalue weighted by Gasteiger charge is 2.07. The number of carbonyl (C=O) groups is 1. The first-order valence-electron chi connectivity index (χ1n) is 5.50. The zero-order chi connectivity index (χ0) is 13.8. The Kier molecular flexibility index (Phi) is 3.97. The van der Waals surface area contributed by atoms with Crippen LogP contribution in [0.1, 0.15) is 16.1 Å². The smallest absolute Gasteiger partial charge is 0.270 e. The van der Waals surface area contributed by atoms with E-state index >= 15 is 0 Å². The number of aromatic nitrogens is 1. The van der Waals surface area contributed by atoms with Gasteiger partial charge in [-0.25, -0.2) is 9.37 Å². The van der Waals surface area contributed by atoms with E-state index in [9.17, 15) is 9.18 Å². The quantitative estimate of drug-likeness (QED) is 0.906. The van der Waals surface area contributed by atoms with Crippen LogP contribution in [0.3, 0.4) is 0 Å². The Morgan fingerprint density at radius 2 is 2.16 bits per heavy atom. The number of benzene rings is 1. The molecular weight excluding hydrogens is 269 g/mol. The number of nitrogen functional groups attached to an aromatic ring is 1. The molecular formula is C13H11ClFN3O. The molecule has 3 N–H and O–H groups in total. The van der Waals surface area contributed by atoms with Crippen molar-refractivity contribution in [3.05, 3.63) is 58.6 Å². The van der Waals surface area contributed by atoms with Gasteiger partial charge in [-0.15, -0.1) is 0 Å². The third-order valence-electron chi connectivity index (χ3n) is 2.46. The molecule has 19 heavy (non-hydrogen) atoms. The van der Waals surface area contributed by atoms with Crippen molar-refractivity contribution in [2.45, 2.75) is 6.54 Å². The molecule has 98 valence electrons. The second-order valence-electron chi connectivity index (χ2n) is 3.91. The first-order valence-corrected chi connectivity index (χ1v) is 5.88. The second-order valence-corrected chi connectivity index (χ2v) is 4.32. The highest BCUT2D eigenvalue weighted by molar-refractivity contribution is 6.30. The predicted molar refractivity (Wildman–Crippen MR) is 71.2 cm³/mol. The molecule has 0 bridgehead atoms. The maximum absolute atomic E-state index is 13.0. The highest BCUT2D eigenvalue weighted by Crippen LogP contribution is 2.15. The molecule has 1 aromatic carbocycles. The van der Waals surface area contributed by atoms with Crippen molar-refractivity contribution in [1.82, 2.24) is 10.3 Å². The monoisotopic (exact) mass is 279 g/mol. The van der Waals surface area contributed by atoms with Crippen LogP contribution < -0.4 is 11.1 Å². The van der Waals surface area contributed by atoms with Crippen LogP contribution in [0.15, 0.2) is 36.5 Å². The van der Waals surface area contributed by atoms with E-state index in [4.69, 9.17) is 17.3 Å². The summed E-state index contributed by atoms with van der Waals surface area (Å²) in [4.78, 5) is 15.7. The largest absolute Gasteiger partial charge is 0.397 e. The van der Waals surface area contributed by atoms with Gasteiger partial charge in [0, 0.05) is 6.54 Å². The molecule has 0 spiro atoms. The number of pyridine rings is 1. The lowest BCUT2D eigenvalue weighted by Crippen LogP contribution is -2.23. The third-order valence-corrected chi connectivity index (χ3v) is 2.75. The molecule has 0 saturated heterocycles. The molecule has 0 unspecified atom stereocenters. The number of nitrogens with two attached hydrogens (primary N) is 1. The topological polar surface area (TPSA) is 68.0 Å². The summed E-state index contributed by atoms with van der Waals surface area (Å²) in [7, 11) is 0. The number of rotatable bonds is 3. The molecule has 0 fully saturated rings. The molecule has 0 aliphatic heterocycles. The molecule has 1 aromatic heterocycles. The maximum atomic E-state index is 13.0. The van der Waals surface area contributed by atoms with Gasteiger partial charge < -0.3 is 11.1 Å². The molecule has 0 saturated carbocycles. The number of nitrogens with zero attached hydrogens (tertiary/aromatic N) is 1. The Hall–Kier alpha value is -2.14. The Bertz CT molecular complexity index is 601. The highest BCUT2D eigenvalue weighted by atomic mass is 35.5. The molecule has 4 nitrogen and oxygen atoms in total. The van der Waals surface area contributed by atoms with E-state index in [2.05, 4.69) is 10.3 Å². The van der Waals surface area contributed by atoms with Gasteiger partial charge in [-0.05, 0) is 29.8 Å². The van der Waals surface area contributed by atoms with Crippen molar-refractivity contribution < 1.29 is 9.18 Å². The van der Waals surface area contributed by atoms with Gasteiger partial charge in [-0.3, -0.25) is 4.79 Å². The van der Waals surface area contributed by atoms with Crippen LogP contribution >= 0.6 is 11.6 Å². The van der Waals surface area contributed by atoms with Crippen molar-refractivity contribution in [3.8, 4) is 0 Å². The Morgan fingerprint density at radius 1 is 1.37 bits per heavy atom. The SMILES string of the molecule is Nc1ccc(C(=O)NCc2ccc(F)c(Cl)c2)nc1. The summed E-state index contributed by atoms with van der Waals surface area (Å²) in [6.45, 7) is 0.241. The van der Waals surface area contributed by atoms with Gasteiger partial charge in [-0.2, -0.15) is 0 Å². The zero-order valence-electron chi connectivity index (χ0n) is 9.86. The van der Waals surface area contributed by atoms with Crippen LogP contribution in [0.2, 0.25) is 5.02 Å². The fourth-order valence-corrected chi connectivity index (χ4v) is 1.67. The number of hydrogen-bond acceptors (Lipinski definition) is 3. The van der Waals surface area contributed by atoms with Crippen LogP contribution in [0, 0.1) is 5.82 Å². The summed E-state index contributed by atoms with van der Waals surface area (Å²) >= 11 is 5.65. The minimum Gasteiger partial charge on any atom is -0.397 e. The van der Waals surface area contributed by atoms with Crippen LogP contribution in [0.5, 0.6) is 0 Å². The van der Waals surface area contributed by atoms with E-state index in [1.165, 1.54) is 24.4 Å². The number of anilines is 1. The Balaban J connectivity index is 2.00. The van der Waals surface area contributed by atoms with Crippen molar-refractivity contribution >= 4 is 23.2 Å². The van der Waals surface area contributed by atoms with Crippen LogP contribution in [-0.4, -0.2) is 10.9 Å². The Morgan fingerprint density at radius 3 is 2.79 bits per heavy atom. The molecule has 1 heterocycles. The zero-order valence-corrected chi connectivity index (χ0v) is 10.6. The average Bonchev–Trinajstić information content (AvgIpc) is 2.40. The molecule has 1 amide bonds. The molecule has 2 aromatic rings. The van der Waals surface area contributed by atoms with Gasteiger partial charge in [0.2, 0.25) is 0 Å². The molecule has 0 aliphatic rings. The van der Waals surface area contributed by atoms with Crippen LogP contribution in [0.25, 0.3) is 0 Å². The lowest BCUT2D eigenvalue weighted by molar-refractivity contribution is 0.0946. The summed E-state index contributed by atoms with van der Waals surface area (Å²) in [5.74, 6) is -0.822. The lowest BCUT2D eigenvalue weighted by atomic mass is 10.2. The van der Waals surface area contributed by atoms with Gasteiger partial charge in [0.1, 0.15) is 11.5 Å². The van der Waals surface area contributed by atoms with Crippen molar-refractivity contribution in [1.29, 1.82) is 0 Å². The number of amides is 1. The first-order chi connectivity index (χ1) is 9.06. The number of hydrogen-bond donors (Lipinski definition) is 2. The second kappa shape index (κ2) is 5.67. The average molecular weight is 280 g/mol. The summed E-state index contributed by atoms with van der Waals surface area (Å²) < 4.78 is 13.0. The minimum atomic E-state index is -0.489. The van der Waals surface area contributed by atoms with Crippen molar-refractivity contribution in [2.24, 2.45) is 0 Å². The van der Waals surface area contributed by atoms with Crippen LogP contribution in [0.4, 0.5) is 10.1 Å². The summed E-state index contributed by atoms with van der Waals surface area (Å²) in [6, 6.07) is 7.40. The predicted octanol–water partition coefficient (Wildman–Crippen LogP) is 2.39. The number of nitrogens with one attached hydrogen (secondary N) is 1. The molecule has 0 aliphatic carbocycles. The van der Waals surface area contributed by atoms with E-state index in [1.54, 1.807) is 12.1 Å². The van der Waals surface area contributed by atoms with Gasteiger partial charge in [0.05, 0.1) is 16.9 Å². The minimum absolute atomic E-state index is 0.0253. The molecule has 2 rings (SSSR count). The standard InChI is InChI=1S/C13H11ClFN3O/c14-10-5-8(1-3-11(10)15)6-18-13(19)12-4-2-9(16)7-17-12/h1-5,7H,6,16H2,(H,18,19). The Labute approximate surface area is 114 Å². The van der Waals surface area contributed by atoms with Gasteiger partial charge in [0.15, 0.2) is 0 Å². The molecule has 0 atom stereocenters. The van der Waals surface area contributed by atoms with E-state index in [-0.39, 0.29) is 23.2 Å². The first kappa shape index (κ1) is 13.3. The lowest BCUT2D eigenvalue weighted by Gasteiger charge is -2.05.